The van der Waals surface area contributed by atoms with Crippen molar-refractivity contribution in [3.63, 3.8) is 0 Å². The summed E-state index contributed by atoms with van der Waals surface area (Å²) >= 11 is 1.25. The molecule has 0 unspecified atom stereocenters. The third-order valence-corrected chi connectivity index (χ3v) is 3.90. The monoisotopic (exact) mass is 312 g/mol. The topological polar surface area (TPSA) is 78.7 Å². The average molecular weight is 312 g/mol. The first-order chi connectivity index (χ1) is 10.5. The SMILES string of the molecule is Cc1cccc(NC(=O)CSc2nc(C)nc(C)c2C#N)c1. The summed E-state index contributed by atoms with van der Waals surface area (Å²) in [7, 11) is 0. The van der Waals surface area contributed by atoms with Gasteiger partial charge in [0.1, 0.15) is 22.5 Å². The van der Waals surface area contributed by atoms with E-state index in [1.807, 2.05) is 31.2 Å². The lowest BCUT2D eigenvalue weighted by molar-refractivity contribution is -0.113. The fraction of sp³-hybridized carbons (Fsp3) is 0.250. The number of rotatable bonds is 4. The number of nitriles is 1. The second kappa shape index (κ2) is 7.05. The van der Waals surface area contributed by atoms with E-state index in [4.69, 9.17) is 0 Å². The summed E-state index contributed by atoms with van der Waals surface area (Å²) in [5.74, 6) is 0.657. The third kappa shape index (κ3) is 4.06. The Kier molecular flexibility index (Phi) is 5.12. The number of aryl methyl sites for hydroxylation is 3. The Morgan fingerprint density at radius 2 is 2.09 bits per heavy atom. The molecule has 0 aliphatic heterocycles. The zero-order chi connectivity index (χ0) is 16.1. The van der Waals surface area contributed by atoms with Gasteiger partial charge in [0.2, 0.25) is 5.91 Å². The highest BCUT2D eigenvalue weighted by molar-refractivity contribution is 8.00. The van der Waals surface area contributed by atoms with E-state index < -0.39 is 0 Å². The normalized spacial score (nSPS) is 10.1. The molecule has 0 radical (unpaired) electrons. The molecule has 0 fully saturated rings. The van der Waals surface area contributed by atoms with Crippen LogP contribution < -0.4 is 5.32 Å². The summed E-state index contributed by atoms with van der Waals surface area (Å²) in [6, 6.07) is 9.70. The van der Waals surface area contributed by atoms with Crippen LogP contribution in [0.4, 0.5) is 5.69 Å². The lowest BCUT2D eigenvalue weighted by Crippen LogP contribution is -2.14. The lowest BCUT2D eigenvalue weighted by Gasteiger charge is -2.08. The highest BCUT2D eigenvalue weighted by atomic mass is 32.2. The number of benzene rings is 1. The number of hydrogen-bond acceptors (Lipinski definition) is 5. The van der Waals surface area contributed by atoms with E-state index in [0.717, 1.165) is 11.3 Å². The predicted octanol–water partition coefficient (Wildman–Crippen LogP) is 3.00. The number of nitrogens with one attached hydrogen (secondary N) is 1. The summed E-state index contributed by atoms with van der Waals surface area (Å²) in [5, 5.41) is 12.6. The van der Waals surface area contributed by atoms with Gasteiger partial charge < -0.3 is 5.32 Å². The molecule has 1 aromatic carbocycles. The standard InChI is InChI=1S/C16H16N4OS/c1-10-5-4-6-13(7-10)20-15(21)9-22-16-14(8-17)11(2)18-12(3)19-16/h4-7H,9H2,1-3H3,(H,20,21). The van der Waals surface area contributed by atoms with Gasteiger partial charge in [-0.15, -0.1) is 0 Å². The molecule has 0 bridgehead atoms. The average Bonchev–Trinajstić information content (AvgIpc) is 2.44. The Labute approximate surface area is 133 Å². The zero-order valence-corrected chi connectivity index (χ0v) is 13.5. The maximum absolute atomic E-state index is 12.0. The largest absolute Gasteiger partial charge is 0.325 e. The second-order valence-electron chi connectivity index (χ2n) is 4.85. The second-order valence-corrected chi connectivity index (χ2v) is 5.82. The van der Waals surface area contributed by atoms with Crippen molar-refractivity contribution >= 4 is 23.4 Å². The molecule has 0 spiro atoms. The van der Waals surface area contributed by atoms with Gasteiger partial charge in [-0.2, -0.15) is 5.26 Å². The maximum atomic E-state index is 12.0. The molecule has 6 heteroatoms. The number of carbonyl (C=O) groups excluding carboxylic acids is 1. The van der Waals surface area contributed by atoms with Crippen LogP contribution >= 0.6 is 11.8 Å². The number of nitrogens with zero attached hydrogens (tertiary/aromatic N) is 3. The van der Waals surface area contributed by atoms with E-state index in [0.29, 0.717) is 22.1 Å². The molecule has 0 aliphatic rings. The van der Waals surface area contributed by atoms with Crippen LogP contribution in [0.2, 0.25) is 0 Å². The molecule has 22 heavy (non-hydrogen) atoms. The fourth-order valence-electron chi connectivity index (χ4n) is 1.97. The van der Waals surface area contributed by atoms with Crippen LogP contribution in [0.25, 0.3) is 0 Å². The highest BCUT2D eigenvalue weighted by Gasteiger charge is 2.12. The minimum Gasteiger partial charge on any atom is -0.325 e. The number of anilines is 1. The van der Waals surface area contributed by atoms with Crippen LogP contribution in [0.5, 0.6) is 0 Å². The van der Waals surface area contributed by atoms with Crippen molar-refractivity contribution in [2.24, 2.45) is 0 Å². The Bertz CT molecular complexity index is 752. The van der Waals surface area contributed by atoms with Crippen LogP contribution in [0.1, 0.15) is 22.6 Å². The van der Waals surface area contributed by atoms with E-state index in [1.54, 1.807) is 13.8 Å². The van der Waals surface area contributed by atoms with Crippen molar-refractivity contribution in [2.75, 3.05) is 11.1 Å². The summed E-state index contributed by atoms with van der Waals surface area (Å²) in [6.45, 7) is 5.51. The smallest absolute Gasteiger partial charge is 0.234 e. The van der Waals surface area contributed by atoms with Gasteiger partial charge >= 0.3 is 0 Å². The number of hydrogen-bond donors (Lipinski definition) is 1. The number of thioether (sulfide) groups is 1. The molecule has 1 amide bonds. The molecule has 0 aliphatic carbocycles. The van der Waals surface area contributed by atoms with E-state index in [9.17, 15) is 10.1 Å². The van der Waals surface area contributed by atoms with Gasteiger partial charge in [-0.3, -0.25) is 4.79 Å². The van der Waals surface area contributed by atoms with Crippen molar-refractivity contribution in [2.45, 2.75) is 25.8 Å². The predicted molar refractivity (Wildman–Crippen MR) is 86.8 cm³/mol. The van der Waals surface area contributed by atoms with E-state index >= 15 is 0 Å². The van der Waals surface area contributed by atoms with Crippen molar-refractivity contribution < 1.29 is 4.79 Å². The van der Waals surface area contributed by atoms with Gasteiger partial charge in [-0.25, -0.2) is 9.97 Å². The Morgan fingerprint density at radius 1 is 1.32 bits per heavy atom. The summed E-state index contributed by atoms with van der Waals surface area (Å²) < 4.78 is 0. The molecule has 0 saturated heterocycles. The third-order valence-electron chi connectivity index (χ3n) is 2.92. The molecule has 1 N–H and O–H groups in total. The molecule has 1 heterocycles. The molecule has 2 rings (SSSR count). The summed E-state index contributed by atoms with van der Waals surface area (Å²) in [5.41, 5.74) is 2.91. The number of carbonyl (C=O) groups is 1. The fourth-order valence-corrected chi connectivity index (χ4v) is 2.84. The van der Waals surface area contributed by atoms with Crippen molar-refractivity contribution in [1.29, 1.82) is 5.26 Å². The maximum Gasteiger partial charge on any atom is 0.234 e. The van der Waals surface area contributed by atoms with E-state index in [1.165, 1.54) is 11.8 Å². The van der Waals surface area contributed by atoms with Gasteiger partial charge in [0.05, 0.1) is 11.4 Å². The van der Waals surface area contributed by atoms with Crippen molar-refractivity contribution in [3.8, 4) is 6.07 Å². The van der Waals surface area contributed by atoms with Gasteiger partial charge in [0, 0.05) is 5.69 Å². The first kappa shape index (κ1) is 16.0. The molecular weight excluding hydrogens is 296 g/mol. The van der Waals surface area contributed by atoms with Crippen LogP contribution in [0, 0.1) is 32.1 Å². The van der Waals surface area contributed by atoms with Gasteiger partial charge in [-0.05, 0) is 38.5 Å². The van der Waals surface area contributed by atoms with Gasteiger partial charge in [0.25, 0.3) is 0 Å². The van der Waals surface area contributed by atoms with E-state index in [-0.39, 0.29) is 11.7 Å². The molecule has 0 atom stereocenters. The summed E-state index contributed by atoms with van der Waals surface area (Å²) in [4.78, 5) is 20.4. The Morgan fingerprint density at radius 3 is 2.77 bits per heavy atom. The van der Waals surface area contributed by atoms with Crippen molar-refractivity contribution in [3.05, 3.63) is 46.9 Å². The molecule has 5 nitrogen and oxygen atoms in total. The number of amides is 1. The lowest BCUT2D eigenvalue weighted by atomic mass is 10.2. The van der Waals surface area contributed by atoms with Crippen LogP contribution in [-0.2, 0) is 4.79 Å². The molecule has 0 saturated carbocycles. The van der Waals surface area contributed by atoms with Gasteiger partial charge in [0.15, 0.2) is 0 Å². The minimum absolute atomic E-state index is 0.131. The Balaban J connectivity index is 2.04. The molecule has 112 valence electrons. The summed E-state index contributed by atoms with van der Waals surface area (Å²) in [6.07, 6.45) is 0. The van der Waals surface area contributed by atoms with Crippen LogP contribution in [0.3, 0.4) is 0 Å². The molecule has 1 aromatic heterocycles. The minimum atomic E-state index is -0.131. The molecular formula is C16H16N4OS. The van der Waals surface area contributed by atoms with Crippen molar-refractivity contribution in [1.82, 2.24) is 9.97 Å². The highest BCUT2D eigenvalue weighted by Crippen LogP contribution is 2.22. The van der Waals surface area contributed by atoms with Gasteiger partial charge in [-0.1, -0.05) is 23.9 Å². The van der Waals surface area contributed by atoms with Crippen LogP contribution in [0.15, 0.2) is 29.3 Å². The van der Waals surface area contributed by atoms with E-state index in [2.05, 4.69) is 21.4 Å². The first-order valence-corrected chi connectivity index (χ1v) is 7.73. The quantitative estimate of drug-likeness (QED) is 0.693. The zero-order valence-electron chi connectivity index (χ0n) is 12.7. The first-order valence-electron chi connectivity index (χ1n) is 6.74. The number of aromatic nitrogens is 2. The Hall–Kier alpha value is -2.39. The van der Waals surface area contributed by atoms with Crippen LogP contribution in [-0.4, -0.2) is 21.6 Å². The molecule has 2 aromatic rings.